The van der Waals surface area contributed by atoms with Gasteiger partial charge in [0.1, 0.15) is 11.2 Å². The maximum Gasteiger partial charge on any atom is 0.325 e. The SMILES string of the molecule is CC1(C)NC(=O)N(CCC(=O)OCC(=O)Nc2ccccc2[N+](=O)[O-])C1=O. The van der Waals surface area contributed by atoms with Crippen LogP contribution in [-0.2, 0) is 19.1 Å². The summed E-state index contributed by atoms with van der Waals surface area (Å²) in [5.41, 5.74) is -1.35. The van der Waals surface area contributed by atoms with Gasteiger partial charge < -0.3 is 15.4 Å². The molecule has 1 saturated heterocycles. The summed E-state index contributed by atoms with van der Waals surface area (Å²) in [6.45, 7) is 2.24. The third kappa shape index (κ3) is 4.77. The van der Waals surface area contributed by atoms with Gasteiger partial charge in [-0.15, -0.1) is 0 Å². The molecule has 0 atom stereocenters. The number of nitrogens with one attached hydrogen (secondary N) is 2. The molecule has 0 radical (unpaired) electrons. The predicted molar refractivity (Wildman–Crippen MR) is 91.6 cm³/mol. The second kappa shape index (κ2) is 7.81. The first-order valence-electron chi connectivity index (χ1n) is 7.95. The van der Waals surface area contributed by atoms with Gasteiger partial charge in [0, 0.05) is 12.6 Å². The van der Waals surface area contributed by atoms with E-state index in [0.29, 0.717) is 0 Å². The number of rotatable bonds is 7. The van der Waals surface area contributed by atoms with E-state index in [1.807, 2.05) is 0 Å². The molecule has 0 spiro atoms. The fraction of sp³-hybridized carbons (Fsp3) is 0.375. The van der Waals surface area contributed by atoms with Gasteiger partial charge in [0.05, 0.1) is 11.3 Å². The Labute approximate surface area is 153 Å². The first-order chi connectivity index (χ1) is 12.6. The fourth-order valence-corrected chi connectivity index (χ4v) is 2.37. The number of nitro benzene ring substituents is 1. The van der Waals surface area contributed by atoms with E-state index in [0.717, 1.165) is 4.90 Å². The summed E-state index contributed by atoms with van der Waals surface area (Å²) >= 11 is 0. The molecular formula is C16H18N4O7. The second-order valence-electron chi connectivity index (χ2n) is 6.25. The minimum absolute atomic E-state index is 0.0230. The summed E-state index contributed by atoms with van der Waals surface area (Å²) < 4.78 is 4.77. The number of benzene rings is 1. The van der Waals surface area contributed by atoms with Crippen molar-refractivity contribution in [3.05, 3.63) is 34.4 Å². The second-order valence-corrected chi connectivity index (χ2v) is 6.25. The molecule has 11 nitrogen and oxygen atoms in total. The molecule has 0 saturated carbocycles. The number of urea groups is 1. The molecule has 144 valence electrons. The highest BCUT2D eigenvalue weighted by molar-refractivity contribution is 6.06. The Kier molecular flexibility index (Phi) is 5.73. The molecule has 2 rings (SSSR count). The zero-order valence-electron chi connectivity index (χ0n) is 14.7. The summed E-state index contributed by atoms with van der Waals surface area (Å²) in [5, 5.41) is 15.6. The molecule has 1 aliphatic rings. The first-order valence-corrected chi connectivity index (χ1v) is 7.95. The van der Waals surface area contributed by atoms with E-state index in [2.05, 4.69) is 10.6 Å². The van der Waals surface area contributed by atoms with Crippen LogP contribution in [0.15, 0.2) is 24.3 Å². The third-order valence-corrected chi connectivity index (χ3v) is 3.72. The quantitative estimate of drug-likeness (QED) is 0.308. The number of nitro groups is 1. The zero-order valence-corrected chi connectivity index (χ0v) is 14.7. The molecule has 4 amide bonds. The summed E-state index contributed by atoms with van der Waals surface area (Å²) in [5.74, 6) is -2.01. The Morgan fingerprint density at radius 2 is 1.96 bits per heavy atom. The molecule has 27 heavy (non-hydrogen) atoms. The van der Waals surface area contributed by atoms with E-state index in [1.54, 1.807) is 13.8 Å². The lowest BCUT2D eigenvalue weighted by atomic mass is 10.1. The number of esters is 1. The van der Waals surface area contributed by atoms with Gasteiger partial charge in [0.2, 0.25) is 0 Å². The molecule has 0 unspecified atom stereocenters. The van der Waals surface area contributed by atoms with Crippen LogP contribution in [0.5, 0.6) is 0 Å². The van der Waals surface area contributed by atoms with E-state index in [4.69, 9.17) is 4.74 Å². The average Bonchev–Trinajstić information content (AvgIpc) is 2.79. The Morgan fingerprint density at radius 1 is 1.30 bits per heavy atom. The van der Waals surface area contributed by atoms with E-state index in [1.165, 1.54) is 24.3 Å². The van der Waals surface area contributed by atoms with Crippen LogP contribution >= 0.6 is 0 Å². The van der Waals surface area contributed by atoms with Crippen molar-refractivity contribution >= 4 is 35.2 Å². The number of carbonyl (C=O) groups is 4. The lowest BCUT2D eigenvalue weighted by Crippen LogP contribution is -2.40. The van der Waals surface area contributed by atoms with Crippen LogP contribution in [0.4, 0.5) is 16.2 Å². The number of imide groups is 1. The fourth-order valence-electron chi connectivity index (χ4n) is 2.37. The van der Waals surface area contributed by atoms with Crippen LogP contribution in [0.1, 0.15) is 20.3 Å². The van der Waals surface area contributed by atoms with E-state index < -0.39 is 40.9 Å². The Bertz CT molecular complexity index is 806. The highest BCUT2D eigenvalue weighted by Crippen LogP contribution is 2.23. The monoisotopic (exact) mass is 378 g/mol. The van der Waals surface area contributed by atoms with E-state index in [9.17, 15) is 29.3 Å². The standard InChI is InChI=1S/C16H18N4O7/c1-16(2)14(23)19(15(24)18-16)8-7-13(22)27-9-12(21)17-10-5-3-4-6-11(10)20(25)26/h3-6H,7-9H2,1-2H3,(H,17,21)(H,18,24). The van der Waals surface area contributed by atoms with Crippen LogP contribution in [0.25, 0.3) is 0 Å². The number of ether oxygens (including phenoxy) is 1. The molecule has 1 aliphatic heterocycles. The number of carbonyl (C=O) groups excluding carboxylic acids is 4. The zero-order chi connectivity index (χ0) is 20.2. The average molecular weight is 378 g/mol. The Hall–Kier alpha value is -3.50. The molecule has 2 N–H and O–H groups in total. The van der Waals surface area contributed by atoms with Crippen molar-refractivity contribution in [2.45, 2.75) is 25.8 Å². The van der Waals surface area contributed by atoms with Crippen LogP contribution in [-0.4, -0.2) is 52.3 Å². The van der Waals surface area contributed by atoms with Crippen molar-refractivity contribution in [3.63, 3.8) is 0 Å². The van der Waals surface area contributed by atoms with Crippen molar-refractivity contribution in [3.8, 4) is 0 Å². The summed E-state index contributed by atoms with van der Waals surface area (Å²) in [6, 6.07) is 4.92. The van der Waals surface area contributed by atoms with Crippen molar-refractivity contribution in [2.75, 3.05) is 18.5 Å². The van der Waals surface area contributed by atoms with Gasteiger partial charge in [-0.25, -0.2) is 4.79 Å². The maximum atomic E-state index is 12.0. The summed E-state index contributed by atoms with van der Waals surface area (Å²) in [4.78, 5) is 58.3. The molecule has 1 aromatic rings. The molecule has 11 heteroatoms. The number of anilines is 1. The topological polar surface area (TPSA) is 148 Å². The molecule has 0 aromatic heterocycles. The smallest absolute Gasteiger partial charge is 0.325 e. The number of para-hydroxylation sites is 2. The first kappa shape index (κ1) is 19.8. The Morgan fingerprint density at radius 3 is 2.56 bits per heavy atom. The van der Waals surface area contributed by atoms with Gasteiger partial charge >= 0.3 is 12.0 Å². The predicted octanol–water partition coefficient (Wildman–Crippen LogP) is 0.797. The molecule has 1 heterocycles. The third-order valence-electron chi connectivity index (χ3n) is 3.72. The number of hydrogen-bond donors (Lipinski definition) is 2. The van der Waals surface area contributed by atoms with Gasteiger partial charge in [-0.2, -0.15) is 0 Å². The Balaban J connectivity index is 1.81. The lowest BCUT2D eigenvalue weighted by Gasteiger charge is -2.15. The molecule has 0 bridgehead atoms. The van der Waals surface area contributed by atoms with Crippen LogP contribution < -0.4 is 10.6 Å². The van der Waals surface area contributed by atoms with Gasteiger partial charge in [-0.3, -0.25) is 29.4 Å². The molecule has 0 aliphatic carbocycles. The molecule has 1 fully saturated rings. The largest absolute Gasteiger partial charge is 0.456 e. The summed E-state index contributed by atoms with van der Waals surface area (Å²) in [6.07, 6.45) is -0.284. The molecule has 1 aromatic carbocycles. The van der Waals surface area contributed by atoms with Gasteiger partial charge in [-0.1, -0.05) is 12.1 Å². The van der Waals surface area contributed by atoms with Gasteiger partial charge in [0.25, 0.3) is 17.5 Å². The maximum absolute atomic E-state index is 12.0. The van der Waals surface area contributed by atoms with Crippen LogP contribution in [0.3, 0.4) is 0 Å². The van der Waals surface area contributed by atoms with E-state index in [-0.39, 0.29) is 24.3 Å². The molecular weight excluding hydrogens is 360 g/mol. The van der Waals surface area contributed by atoms with Crippen molar-refractivity contribution in [2.24, 2.45) is 0 Å². The van der Waals surface area contributed by atoms with Crippen LogP contribution in [0, 0.1) is 10.1 Å². The van der Waals surface area contributed by atoms with Gasteiger partial charge in [0.15, 0.2) is 6.61 Å². The van der Waals surface area contributed by atoms with Crippen LogP contribution in [0.2, 0.25) is 0 Å². The lowest BCUT2D eigenvalue weighted by molar-refractivity contribution is -0.383. The van der Waals surface area contributed by atoms with Crippen molar-refractivity contribution in [1.29, 1.82) is 0 Å². The minimum atomic E-state index is -1.04. The van der Waals surface area contributed by atoms with E-state index >= 15 is 0 Å². The summed E-state index contributed by atoms with van der Waals surface area (Å²) in [7, 11) is 0. The minimum Gasteiger partial charge on any atom is -0.456 e. The van der Waals surface area contributed by atoms with Gasteiger partial charge in [-0.05, 0) is 19.9 Å². The van der Waals surface area contributed by atoms with Crippen molar-refractivity contribution < 1.29 is 28.8 Å². The highest BCUT2D eigenvalue weighted by Gasteiger charge is 2.44. The number of amides is 4. The highest BCUT2D eigenvalue weighted by atomic mass is 16.6. The number of nitrogens with zero attached hydrogens (tertiary/aromatic N) is 2. The van der Waals surface area contributed by atoms with Crippen molar-refractivity contribution in [1.82, 2.24) is 10.2 Å². The number of hydrogen-bond acceptors (Lipinski definition) is 7. The normalized spacial score (nSPS) is 15.3.